The summed E-state index contributed by atoms with van der Waals surface area (Å²) in [6.07, 6.45) is 1.27. The fraction of sp³-hybridized carbons (Fsp3) is 0.647. The molecule has 2 nitrogen and oxygen atoms in total. The Morgan fingerprint density at radius 1 is 0.684 bits per heavy atom. The molecule has 2 heteroatoms. The fourth-order valence-corrected chi connectivity index (χ4v) is 0.468. The highest BCUT2D eigenvalue weighted by atomic mass is 16.7. The van der Waals surface area contributed by atoms with Gasteiger partial charge >= 0.3 is 0 Å². The Kier molecular flexibility index (Phi) is 11.9. The molecule has 0 fully saturated rings. The van der Waals surface area contributed by atoms with E-state index < -0.39 is 5.79 Å². The molecule has 0 radical (unpaired) electrons. The van der Waals surface area contributed by atoms with Gasteiger partial charge in [-0.1, -0.05) is 70.5 Å². The van der Waals surface area contributed by atoms with Crippen molar-refractivity contribution in [2.24, 2.45) is 5.41 Å². The third kappa shape index (κ3) is 19.7. The van der Waals surface area contributed by atoms with E-state index in [9.17, 15) is 0 Å². The standard InChI is InChI=1S/C6H6.C6H14.C5H12O2/c1-2-4-6-5-3-1;1-5-6(2,3)4;1-5(2,6-3)7-4/h1-6H;5H2,1-4H3;1-4H3. The molecule has 0 heterocycles. The van der Waals surface area contributed by atoms with E-state index >= 15 is 0 Å². The first-order valence-electron chi connectivity index (χ1n) is 6.79. The van der Waals surface area contributed by atoms with Gasteiger partial charge in [-0.25, -0.2) is 0 Å². The SMILES string of the molecule is CCC(C)(C)C.COC(C)(C)OC.c1ccccc1. The van der Waals surface area contributed by atoms with Gasteiger partial charge in [-0.15, -0.1) is 0 Å². The average molecular weight is 268 g/mol. The summed E-state index contributed by atoms with van der Waals surface area (Å²) >= 11 is 0. The van der Waals surface area contributed by atoms with Gasteiger partial charge in [0.25, 0.3) is 0 Å². The van der Waals surface area contributed by atoms with Gasteiger partial charge in [-0.2, -0.15) is 0 Å². The zero-order chi connectivity index (χ0) is 15.4. The Bertz CT molecular complexity index is 240. The molecule has 0 unspecified atom stereocenters. The zero-order valence-corrected chi connectivity index (χ0v) is 14.0. The van der Waals surface area contributed by atoms with Crippen molar-refractivity contribution < 1.29 is 9.47 Å². The molecule has 0 bridgehead atoms. The number of ether oxygens (including phenoxy) is 2. The molecule has 0 saturated carbocycles. The quantitative estimate of drug-likeness (QED) is 0.691. The van der Waals surface area contributed by atoms with Gasteiger partial charge in [0, 0.05) is 14.2 Å². The summed E-state index contributed by atoms with van der Waals surface area (Å²) in [4.78, 5) is 0. The molecule has 0 atom stereocenters. The van der Waals surface area contributed by atoms with E-state index in [0.29, 0.717) is 5.41 Å². The lowest BCUT2D eigenvalue weighted by molar-refractivity contribution is -0.178. The van der Waals surface area contributed by atoms with Crippen LogP contribution < -0.4 is 0 Å². The monoisotopic (exact) mass is 268 g/mol. The van der Waals surface area contributed by atoms with E-state index in [-0.39, 0.29) is 0 Å². The van der Waals surface area contributed by atoms with E-state index in [1.165, 1.54) is 6.42 Å². The van der Waals surface area contributed by atoms with E-state index in [0.717, 1.165) is 0 Å². The van der Waals surface area contributed by atoms with Gasteiger partial charge < -0.3 is 9.47 Å². The Balaban J connectivity index is 0. The first kappa shape index (κ1) is 20.5. The van der Waals surface area contributed by atoms with Gasteiger partial charge in [-0.05, 0) is 19.3 Å². The minimum atomic E-state index is -0.417. The van der Waals surface area contributed by atoms with Gasteiger partial charge in [0.1, 0.15) is 0 Å². The molecular weight excluding hydrogens is 236 g/mol. The lowest BCUT2D eigenvalue weighted by Crippen LogP contribution is -2.24. The molecule has 1 aromatic rings. The smallest absolute Gasteiger partial charge is 0.161 e. The van der Waals surface area contributed by atoms with Gasteiger partial charge in [0.05, 0.1) is 0 Å². The Morgan fingerprint density at radius 3 is 0.947 bits per heavy atom. The molecule has 1 rings (SSSR count). The molecule has 0 aliphatic heterocycles. The van der Waals surface area contributed by atoms with Crippen LogP contribution in [-0.4, -0.2) is 20.0 Å². The Morgan fingerprint density at radius 2 is 0.895 bits per heavy atom. The fourth-order valence-electron chi connectivity index (χ4n) is 0.468. The van der Waals surface area contributed by atoms with Crippen LogP contribution in [0.25, 0.3) is 0 Å². The van der Waals surface area contributed by atoms with Crippen LogP contribution in [0.2, 0.25) is 0 Å². The number of rotatable bonds is 2. The van der Waals surface area contributed by atoms with Crippen LogP contribution in [0.3, 0.4) is 0 Å². The zero-order valence-electron chi connectivity index (χ0n) is 14.0. The van der Waals surface area contributed by atoms with Gasteiger partial charge in [-0.3, -0.25) is 0 Å². The van der Waals surface area contributed by atoms with E-state index in [2.05, 4.69) is 27.7 Å². The first-order valence-corrected chi connectivity index (χ1v) is 6.79. The molecule has 19 heavy (non-hydrogen) atoms. The number of methoxy groups -OCH3 is 2. The molecule has 112 valence electrons. The van der Waals surface area contributed by atoms with Crippen molar-refractivity contribution in [1.82, 2.24) is 0 Å². The van der Waals surface area contributed by atoms with Crippen LogP contribution in [0.15, 0.2) is 36.4 Å². The van der Waals surface area contributed by atoms with Crippen LogP contribution >= 0.6 is 0 Å². The van der Waals surface area contributed by atoms with Crippen LogP contribution in [0, 0.1) is 5.41 Å². The lowest BCUT2D eigenvalue weighted by atomic mass is 9.94. The molecule has 0 aliphatic rings. The second-order valence-electron chi connectivity index (χ2n) is 5.88. The van der Waals surface area contributed by atoms with E-state index in [1.807, 2.05) is 50.2 Å². The molecule has 0 aliphatic carbocycles. The molecular formula is C17H32O2. The average Bonchev–Trinajstić information content (AvgIpc) is 2.41. The van der Waals surface area contributed by atoms with Crippen LogP contribution in [-0.2, 0) is 9.47 Å². The molecule has 1 aromatic carbocycles. The first-order chi connectivity index (χ1) is 8.68. The van der Waals surface area contributed by atoms with Crippen molar-refractivity contribution in [3.8, 4) is 0 Å². The second-order valence-corrected chi connectivity index (χ2v) is 5.88. The minimum Gasteiger partial charge on any atom is -0.354 e. The summed E-state index contributed by atoms with van der Waals surface area (Å²) in [5.74, 6) is -0.417. The van der Waals surface area contributed by atoms with Crippen molar-refractivity contribution in [3.63, 3.8) is 0 Å². The molecule has 0 amide bonds. The number of benzene rings is 1. The number of hydrogen-bond donors (Lipinski definition) is 0. The third-order valence-electron chi connectivity index (χ3n) is 2.71. The number of hydrogen-bond acceptors (Lipinski definition) is 2. The predicted octanol–water partition coefficient (Wildman–Crippen LogP) is 5.14. The summed E-state index contributed by atoms with van der Waals surface area (Å²) in [6.45, 7) is 12.6. The van der Waals surface area contributed by atoms with Crippen molar-refractivity contribution >= 4 is 0 Å². The summed E-state index contributed by atoms with van der Waals surface area (Å²) in [5.41, 5.74) is 0.542. The highest BCUT2D eigenvalue weighted by Crippen LogP contribution is 2.16. The highest BCUT2D eigenvalue weighted by molar-refractivity contribution is 4.99. The molecule has 0 saturated heterocycles. The molecule has 0 aromatic heterocycles. The maximum atomic E-state index is 4.86. The highest BCUT2D eigenvalue weighted by Gasteiger charge is 2.12. The third-order valence-corrected chi connectivity index (χ3v) is 2.71. The summed E-state index contributed by atoms with van der Waals surface area (Å²) in [5, 5.41) is 0. The van der Waals surface area contributed by atoms with Crippen molar-refractivity contribution in [3.05, 3.63) is 36.4 Å². The largest absolute Gasteiger partial charge is 0.354 e. The van der Waals surface area contributed by atoms with Crippen molar-refractivity contribution in [2.75, 3.05) is 14.2 Å². The van der Waals surface area contributed by atoms with Crippen LogP contribution in [0.4, 0.5) is 0 Å². The predicted molar refractivity (Wildman–Crippen MR) is 84.3 cm³/mol. The second kappa shape index (κ2) is 11.0. The van der Waals surface area contributed by atoms with Crippen molar-refractivity contribution in [1.29, 1.82) is 0 Å². The Labute approximate surface area is 120 Å². The minimum absolute atomic E-state index is 0.417. The maximum absolute atomic E-state index is 4.86. The van der Waals surface area contributed by atoms with Gasteiger partial charge in [0.15, 0.2) is 5.79 Å². The van der Waals surface area contributed by atoms with E-state index in [1.54, 1.807) is 14.2 Å². The summed E-state index contributed by atoms with van der Waals surface area (Å²) < 4.78 is 9.73. The Hall–Kier alpha value is -0.860. The molecule has 0 spiro atoms. The van der Waals surface area contributed by atoms with Crippen LogP contribution in [0.1, 0.15) is 48.0 Å². The van der Waals surface area contributed by atoms with Crippen molar-refractivity contribution in [2.45, 2.75) is 53.8 Å². The topological polar surface area (TPSA) is 18.5 Å². The maximum Gasteiger partial charge on any atom is 0.161 e. The molecule has 0 N–H and O–H groups in total. The summed E-state index contributed by atoms with van der Waals surface area (Å²) in [6, 6.07) is 12.0. The van der Waals surface area contributed by atoms with Crippen LogP contribution in [0.5, 0.6) is 0 Å². The van der Waals surface area contributed by atoms with E-state index in [4.69, 9.17) is 9.47 Å². The van der Waals surface area contributed by atoms with Gasteiger partial charge in [0.2, 0.25) is 0 Å². The lowest BCUT2D eigenvalue weighted by Gasteiger charge is -2.19. The summed E-state index contributed by atoms with van der Waals surface area (Å²) in [7, 11) is 3.23. The normalized spacial score (nSPS) is 10.7.